The van der Waals surface area contributed by atoms with Crippen LogP contribution in [0.1, 0.15) is 18.9 Å². The number of rotatable bonds is 7. The summed E-state index contributed by atoms with van der Waals surface area (Å²) in [6, 6.07) is 5.50. The summed E-state index contributed by atoms with van der Waals surface area (Å²) in [5, 5.41) is 17.3. The first-order valence-corrected chi connectivity index (χ1v) is 7.54. The number of aromatic nitrogens is 2. The highest BCUT2D eigenvalue weighted by Gasteiger charge is 2.22. The molecule has 1 aromatic heterocycles. The van der Waals surface area contributed by atoms with Crippen molar-refractivity contribution in [3.8, 4) is 11.5 Å². The van der Waals surface area contributed by atoms with Crippen LogP contribution in [0.4, 0.5) is 17.3 Å². The molecular weight excluding hydrogens is 314 g/mol. The molecule has 0 radical (unpaired) electrons. The zero-order chi connectivity index (χ0) is 16.9. The number of fused-ring (bicyclic) bond motifs is 1. The molecule has 0 saturated carbocycles. The third kappa shape index (κ3) is 3.29. The van der Waals surface area contributed by atoms with Crippen molar-refractivity contribution in [3.63, 3.8) is 0 Å². The molecule has 3 rings (SSSR count). The molecule has 0 fully saturated rings. The number of anilines is 2. The molecule has 24 heavy (non-hydrogen) atoms. The van der Waals surface area contributed by atoms with Gasteiger partial charge in [0.2, 0.25) is 18.4 Å². The second-order valence-corrected chi connectivity index (χ2v) is 5.14. The molecule has 1 aliphatic heterocycles. The highest BCUT2D eigenvalue weighted by Crippen LogP contribution is 2.33. The number of hydrogen-bond donors (Lipinski definition) is 2. The van der Waals surface area contributed by atoms with Crippen LogP contribution in [0.2, 0.25) is 0 Å². The van der Waals surface area contributed by atoms with Crippen LogP contribution in [0.25, 0.3) is 0 Å². The van der Waals surface area contributed by atoms with E-state index >= 15 is 0 Å². The molecule has 9 heteroatoms. The van der Waals surface area contributed by atoms with E-state index in [-0.39, 0.29) is 24.1 Å². The monoisotopic (exact) mass is 331 g/mol. The van der Waals surface area contributed by atoms with Crippen molar-refractivity contribution >= 4 is 17.3 Å². The number of nitrogens with zero attached hydrogens (tertiary/aromatic N) is 3. The Hall–Kier alpha value is -3.10. The minimum absolute atomic E-state index is 0.160. The molecule has 0 amide bonds. The van der Waals surface area contributed by atoms with E-state index in [2.05, 4.69) is 20.6 Å². The van der Waals surface area contributed by atoms with Gasteiger partial charge in [0.25, 0.3) is 0 Å². The molecule has 2 aromatic rings. The van der Waals surface area contributed by atoms with Crippen molar-refractivity contribution < 1.29 is 14.4 Å². The van der Waals surface area contributed by atoms with Crippen LogP contribution in [-0.2, 0) is 6.54 Å². The van der Waals surface area contributed by atoms with Crippen molar-refractivity contribution in [1.29, 1.82) is 0 Å². The van der Waals surface area contributed by atoms with Crippen molar-refractivity contribution in [1.82, 2.24) is 9.97 Å². The molecule has 0 atom stereocenters. The number of ether oxygens (including phenoxy) is 2. The van der Waals surface area contributed by atoms with Gasteiger partial charge in [0.1, 0.15) is 6.33 Å². The van der Waals surface area contributed by atoms with E-state index in [1.807, 2.05) is 25.1 Å². The average Bonchev–Trinajstić information content (AvgIpc) is 3.05. The standard InChI is InChI=1S/C15H17N5O4/c1-2-5-16-14-13(20(21)22)15(19-8-18-14)17-7-10-3-4-11-12(6-10)24-9-23-11/h3-4,6,8H,2,5,7,9H2,1H3,(H2,16,17,18,19). The van der Waals surface area contributed by atoms with Crippen molar-refractivity contribution in [2.45, 2.75) is 19.9 Å². The summed E-state index contributed by atoms with van der Waals surface area (Å²) in [6.07, 6.45) is 2.13. The number of nitro groups is 1. The summed E-state index contributed by atoms with van der Waals surface area (Å²) in [6.45, 7) is 3.13. The molecule has 0 bridgehead atoms. The van der Waals surface area contributed by atoms with E-state index in [1.54, 1.807) is 0 Å². The van der Waals surface area contributed by atoms with E-state index in [0.29, 0.717) is 24.6 Å². The summed E-state index contributed by atoms with van der Waals surface area (Å²) in [5.41, 5.74) is 0.738. The predicted molar refractivity (Wildman–Crippen MR) is 87.4 cm³/mol. The Kier molecular flexibility index (Phi) is 4.59. The lowest BCUT2D eigenvalue weighted by Crippen LogP contribution is -2.10. The summed E-state index contributed by atoms with van der Waals surface area (Å²) in [4.78, 5) is 18.8. The predicted octanol–water partition coefficient (Wildman–Crippen LogP) is 2.55. The van der Waals surface area contributed by atoms with E-state index in [1.165, 1.54) is 6.33 Å². The summed E-state index contributed by atoms with van der Waals surface area (Å²) in [5.74, 6) is 1.74. The molecule has 0 saturated heterocycles. The van der Waals surface area contributed by atoms with E-state index in [0.717, 1.165) is 12.0 Å². The van der Waals surface area contributed by atoms with Crippen LogP contribution in [0.15, 0.2) is 24.5 Å². The van der Waals surface area contributed by atoms with Crippen LogP contribution in [-0.4, -0.2) is 28.2 Å². The largest absolute Gasteiger partial charge is 0.454 e. The highest BCUT2D eigenvalue weighted by molar-refractivity contribution is 5.69. The molecule has 126 valence electrons. The molecule has 1 aromatic carbocycles. The summed E-state index contributed by atoms with van der Waals surface area (Å²) >= 11 is 0. The normalized spacial score (nSPS) is 12.0. The van der Waals surface area contributed by atoms with E-state index in [4.69, 9.17) is 9.47 Å². The fourth-order valence-corrected chi connectivity index (χ4v) is 2.29. The molecule has 1 aliphatic rings. The Morgan fingerprint density at radius 2 is 1.96 bits per heavy atom. The Balaban J connectivity index is 1.78. The number of hydrogen-bond acceptors (Lipinski definition) is 8. The lowest BCUT2D eigenvalue weighted by Gasteiger charge is -2.10. The van der Waals surface area contributed by atoms with Gasteiger partial charge in [-0.25, -0.2) is 9.97 Å². The van der Waals surface area contributed by atoms with Gasteiger partial charge < -0.3 is 20.1 Å². The first kappa shape index (κ1) is 15.8. The third-order valence-electron chi connectivity index (χ3n) is 3.44. The van der Waals surface area contributed by atoms with Crippen molar-refractivity contribution in [3.05, 3.63) is 40.2 Å². The SMILES string of the molecule is CCCNc1ncnc(NCc2ccc3c(c2)OCO3)c1[N+](=O)[O-]. The van der Waals surface area contributed by atoms with Crippen LogP contribution in [0.3, 0.4) is 0 Å². The molecule has 2 heterocycles. The van der Waals surface area contributed by atoms with Gasteiger partial charge in [-0.2, -0.15) is 0 Å². The molecule has 0 spiro atoms. The first-order valence-electron chi connectivity index (χ1n) is 7.54. The minimum atomic E-state index is -0.486. The lowest BCUT2D eigenvalue weighted by molar-refractivity contribution is -0.383. The second-order valence-electron chi connectivity index (χ2n) is 5.14. The van der Waals surface area contributed by atoms with Gasteiger partial charge in [-0.05, 0) is 24.1 Å². The Morgan fingerprint density at radius 1 is 1.21 bits per heavy atom. The van der Waals surface area contributed by atoms with Crippen LogP contribution in [0.5, 0.6) is 11.5 Å². The first-order chi connectivity index (χ1) is 11.7. The van der Waals surface area contributed by atoms with Crippen molar-refractivity contribution in [2.24, 2.45) is 0 Å². The van der Waals surface area contributed by atoms with Crippen LogP contribution >= 0.6 is 0 Å². The maximum Gasteiger partial charge on any atom is 0.353 e. The summed E-state index contributed by atoms with van der Waals surface area (Å²) < 4.78 is 10.6. The topological polar surface area (TPSA) is 111 Å². The van der Waals surface area contributed by atoms with Gasteiger partial charge in [0.15, 0.2) is 11.5 Å². The molecule has 2 N–H and O–H groups in total. The Labute approximate surface area is 138 Å². The molecule has 0 unspecified atom stereocenters. The van der Waals surface area contributed by atoms with Gasteiger partial charge in [-0.15, -0.1) is 0 Å². The van der Waals surface area contributed by atoms with Gasteiger partial charge in [-0.3, -0.25) is 10.1 Å². The van der Waals surface area contributed by atoms with E-state index in [9.17, 15) is 10.1 Å². The zero-order valence-corrected chi connectivity index (χ0v) is 13.1. The number of benzene rings is 1. The zero-order valence-electron chi connectivity index (χ0n) is 13.1. The summed E-state index contributed by atoms with van der Waals surface area (Å²) in [7, 11) is 0. The molecular formula is C15H17N5O4. The maximum absolute atomic E-state index is 11.4. The molecule has 9 nitrogen and oxygen atoms in total. The average molecular weight is 331 g/mol. The van der Waals surface area contributed by atoms with Crippen LogP contribution in [0, 0.1) is 10.1 Å². The van der Waals surface area contributed by atoms with Gasteiger partial charge in [0.05, 0.1) is 4.92 Å². The maximum atomic E-state index is 11.4. The van der Waals surface area contributed by atoms with Gasteiger partial charge in [-0.1, -0.05) is 13.0 Å². The third-order valence-corrected chi connectivity index (χ3v) is 3.44. The smallest absolute Gasteiger partial charge is 0.353 e. The Morgan fingerprint density at radius 3 is 2.71 bits per heavy atom. The quantitative estimate of drug-likeness (QED) is 0.588. The fourth-order valence-electron chi connectivity index (χ4n) is 2.29. The second kappa shape index (κ2) is 6.99. The van der Waals surface area contributed by atoms with Gasteiger partial charge >= 0.3 is 5.69 Å². The van der Waals surface area contributed by atoms with Gasteiger partial charge in [0, 0.05) is 13.1 Å². The molecule has 0 aliphatic carbocycles. The fraction of sp³-hybridized carbons (Fsp3) is 0.333. The van der Waals surface area contributed by atoms with Crippen LogP contribution < -0.4 is 20.1 Å². The Bertz CT molecular complexity index is 753. The minimum Gasteiger partial charge on any atom is -0.454 e. The van der Waals surface area contributed by atoms with E-state index < -0.39 is 4.92 Å². The number of nitrogens with one attached hydrogen (secondary N) is 2. The highest BCUT2D eigenvalue weighted by atomic mass is 16.7. The van der Waals surface area contributed by atoms with Crippen molar-refractivity contribution in [2.75, 3.05) is 24.0 Å². The lowest BCUT2D eigenvalue weighted by atomic mass is 10.2.